The maximum atomic E-state index is 13.1. The fourth-order valence-corrected chi connectivity index (χ4v) is 1.51. The van der Waals surface area contributed by atoms with Crippen molar-refractivity contribution in [3.63, 3.8) is 0 Å². The van der Waals surface area contributed by atoms with Gasteiger partial charge in [-0.05, 0) is 35.6 Å². The highest BCUT2D eigenvalue weighted by molar-refractivity contribution is 5.34. The molecule has 0 aliphatic heterocycles. The van der Waals surface area contributed by atoms with E-state index in [-0.39, 0.29) is 11.0 Å². The lowest BCUT2D eigenvalue weighted by Crippen LogP contribution is -2.29. The highest BCUT2D eigenvalue weighted by atomic mass is 19.1. The van der Waals surface area contributed by atoms with Crippen LogP contribution in [0.3, 0.4) is 0 Å². The van der Waals surface area contributed by atoms with Crippen molar-refractivity contribution >= 4 is 0 Å². The van der Waals surface area contributed by atoms with Crippen LogP contribution in [0.15, 0.2) is 18.2 Å². The number of nitrogens with one attached hydrogen (secondary N) is 1. The van der Waals surface area contributed by atoms with E-state index in [0.717, 1.165) is 12.1 Å². The molecule has 1 rings (SSSR count). The molecule has 0 heterocycles. The smallest absolute Gasteiger partial charge is 0.140 e. The Balaban J connectivity index is 2.53. The van der Waals surface area contributed by atoms with Gasteiger partial charge in [-0.2, -0.15) is 5.26 Å². The molecular weight excluding hydrogens is 227 g/mol. The molecule has 98 valence electrons. The van der Waals surface area contributed by atoms with Gasteiger partial charge in [-0.15, -0.1) is 0 Å². The number of hydrogen-bond donors (Lipinski definition) is 1. The van der Waals surface area contributed by atoms with Gasteiger partial charge in [-0.3, -0.25) is 0 Å². The van der Waals surface area contributed by atoms with Crippen LogP contribution in [0.4, 0.5) is 4.39 Å². The van der Waals surface area contributed by atoms with Gasteiger partial charge in [0.25, 0.3) is 0 Å². The summed E-state index contributed by atoms with van der Waals surface area (Å²) in [6.07, 6.45) is 0. The van der Waals surface area contributed by atoms with Crippen LogP contribution in [-0.2, 0) is 6.54 Å². The molecule has 0 bridgehead atoms. The van der Waals surface area contributed by atoms with Gasteiger partial charge in [0.2, 0.25) is 0 Å². The molecule has 0 aliphatic carbocycles. The Kier molecular flexibility index (Phi) is 4.86. The second-order valence-electron chi connectivity index (χ2n) is 5.82. The van der Waals surface area contributed by atoms with Crippen LogP contribution in [0.1, 0.15) is 38.8 Å². The average molecular weight is 248 g/mol. The number of hydrogen-bond acceptors (Lipinski definition) is 2. The van der Waals surface area contributed by atoms with Crippen molar-refractivity contribution in [2.24, 2.45) is 11.3 Å². The van der Waals surface area contributed by atoms with E-state index in [1.54, 1.807) is 12.1 Å². The molecule has 1 N–H and O–H groups in total. The van der Waals surface area contributed by atoms with Gasteiger partial charge in [0, 0.05) is 6.54 Å². The number of halogens is 1. The van der Waals surface area contributed by atoms with Gasteiger partial charge in [0.15, 0.2) is 0 Å². The molecule has 1 aromatic carbocycles. The highest BCUT2D eigenvalue weighted by Crippen LogP contribution is 2.24. The van der Waals surface area contributed by atoms with E-state index in [9.17, 15) is 4.39 Å². The van der Waals surface area contributed by atoms with E-state index in [1.807, 2.05) is 6.07 Å². The molecule has 1 unspecified atom stereocenters. The minimum absolute atomic E-state index is 0.109. The first-order valence-corrected chi connectivity index (χ1v) is 6.24. The third kappa shape index (κ3) is 4.12. The number of rotatable bonds is 4. The number of nitrogens with zero attached hydrogens (tertiary/aromatic N) is 1. The fourth-order valence-electron chi connectivity index (χ4n) is 1.51. The van der Waals surface area contributed by atoms with Crippen molar-refractivity contribution < 1.29 is 4.39 Å². The predicted molar refractivity (Wildman–Crippen MR) is 71.4 cm³/mol. The molecule has 1 atom stereocenters. The normalized spacial score (nSPS) is 13.1. The topological polar surface area (TPSA) is 35.8 Å². The predicted octanol–water partition coefficient (Wildman–Crippen LogP) is 3.47. The zero-order valence-corrected chi connectivity index (χ0v) is 11.5. The molecule has 0 amide bonds. The lowest BCUT2D eigenvalue weighted by Gasteiger charge is -2.27. The van der Waals surface area contributed by atoms with Crippen molar-refractivity contribution in [1.29, 1.82) is 5.26 Å². The number of nitriles is 1. The maximum absolute atomic E-state index is 13.1. The Bertz CT molecular complexity index is 441. The molecule has 0 spiro atoms. The molecular formula is C15H21FN2. The second-order valence-corrected chi connectivity index (χ2v) is 5.82. The molecule has 0 aromatic heterocycles. The van der Waals surface area contributed by atoms with Crippen LogP contribution in [-0.4, -0.2) is 6.54 Å². The summed E-state index contributed by atoms with van der Waals surface area (Å²) >= 11 is 0. The average Bonchev–Trinajstić information content (AvgIpc) is 2.30. The summed E-state index contributed by atoms with van der Waals surface area (Å²) in [7, 11) is 0. The van der Waals surface area contributed by atoms with Gasteiger partial charge in [-0.25, -0.2) is 4.39 Å². The first kappa shape index (κ1) is 14.7. The minimum Gasteiger partial charge on any atom is -0.312 e. The second kappa shape index (κ2) is 5.97. The van der Waals surface area contributed by atoms with Gasteiger partial charge in [-0.1, -0.05) is 33.8 Å². The lowest BCUT2D eigenvalue weighted by atomic mass is 9.82. The van der Waals surface area contributed by atoms with Crippen molar-refractivity contribution in [2.45, 2.75) is 34.2 Å². The Morgan fingerprint density at radius 2 is 2.06 bits per heavy atom. The summed E-state index contributed by atoms with van der Waals surface area (Å²) in [5.41, 5.74) is 1.32. The van der Waals surface area contributed by atoms with E-state index in [0.29, 0.717) is 12.5 Å². The van der Waals surface area contributed by atoms with Crippen molar-refractivity contribution in [1.82, 2.24) is 5.32 Å². The van der Waals surface area contributed by atoms with E-state index < -0.39 is 5.82 Å². The van der Waals surface area contributed by atoms with E-state index in [1.165, 1.54) is 6.07 Å². The van der Waals surface area contributed by atoms with Crippen molar-refractivity contribution in [2.75, 3.05) is 6.54 Å². The van der Waals surface area contributed by atoms with Crippen LogP contribution in [0.25, 0.3) is 0 Å². The maximum Gasteiger partial charge on any atom is 0.140 e. The van der Waals surface area contributed by atoms with Crippen molar-refractivity contribution in [3.05, 3.63) is 35.1 Å². The summed E-state index contributed by atoms with van der Waals surface area (Å²) < 4.78 is 13.1. The van der Waals surface area contributed by atoms with Crippen LogP contribution in [0, 0.1) is 28.5 Å². The zero-order chi connectivity index (χ0) is 13.8. The van der Waals surface area contributed by atoms with Crippen LogP contribution in [0.2, 0.25) is 0 Å². The van der Waals surface area contributed by atoms with E-state index in [2.05, 4.69) is 33.0 Å². The minimum atomic E-state index is -0.454. The molecule has 18 heavy (non-hydrogen) atoms. The Morgan fingerprint density at radius 1 is 1.39 bits per heavy atom. The molecule has 1 aromatic rings. The third-order valence-corrected chi connectivity index (χ3v) is 3.41. The third-order valence-electron chi connectivity index (χ3n) is 3.41. The molecule has 0 aliphatic rings. The first-order chi connectivity index (χ1) is 8.34. The molecule has 0 radical (unpaired) electrons. The van der Waals surface area contributed by atoms with Gasteiger partial charge in [0.1, 0.15) is 11.9 Å². The molecule has 2 nitrogen and oxygen atoms in total. The SMILES string of the molecule is CC(CNCc1ccc(F)c(C#N)c1)C(C)(C)C. The Labute approximate surface area is 109 Å². The fraction of sp³-hybridized carbons (Fsp3) is 0.533. The standard InChI is InChI=1S/C15H21FN2/c1-11(15(2,3)4)9-18-10-12-5-6-14(16)13(7-12)8-17/h5-7,11,18H,9-10H2,1-4H3. The summed E-state index contributed by atoms with van der Waals surface area (Å²) in [4.78, 5) is 0. The first-order valence-electron chi connectivity index (χ1n) is 6.24. The zero-order valence-electron chi connectivity index (χ0n) is 11.5. The molecule has 0 saturated carbocycles. The lowest BCUT2D eigenvalue weighted by molar-refractivity contribution is 0.252. The van der Waals surface area contributed by atoms with Crippen LogP contribution < -0.4 is 5.32 Å². The van der Waals surface area contributed by atoms with Crippen molar-refractivity contribution in [3.8, 4) is 6.07 Å². The summed E-state index contributed by atoms with van der Waals surface area (Å²) in [5.74, 6) is 0.0951. The largest absolute Gasteiger partial charge is 0.312 e. The summed E-state index contributed by atoms with van der Waals surface area (Å²) in [5, 5.41) is 12.1. The molecule has 0 saturated heterocycles. The highest BCUT2D eigenvalue weighted by Gasteiger charge is 2.19. The van der Waals surface area contributed by atoms with E-state index in [4.69, 9.17) is 5.26 Å². The van der Waals surface area contributed by atoms with Crippen LogP contribution >= 0.6 is 0 Å². The number of benzene rings is 1. The van der Waals surface area contributed by atoms with Gasteiger partial charge >= 0.3 is 0 Å². The van der Waals surface area contributed by atoms with E-state index >= 15 is 0 Å². The Morgan fingerprint density at radius 3 is 2.61 bits per heavy atom. The summed E-state index contributed by atoms with van der Waals surface area (Å²) in [6.45, 7) is 10.4. The molecule has 3 heteroatoms. The monoisotopic (exact) mass is 248 g/mol. The van der Waals surface area contributed by atoms with Gasteiger partial charge < -0.3 is 5.32 Å². The summed E-state index contributed by atoms with van der Waals surface area (Å²) in [6, 6.07) is 6.52. The molecule has 0 fully saturated rings. The van der Waals surface area contributed by atoms with Crippen LogP contribution in [0.5, 0.6) is 0 Å². The van der Waals surface area contributed by atoms with Gasteiger partial charge in [0.05, 0.1) is 5.56 Å². The quantitative estimate of drug-likeness (QED) is 0.885. The Hall–Kier alpha value is -1.40.